The second kappa shape index (κ2) is 9.17. The predicted molar refractivity (Wildman–Crippen MR) is 113 cm³/mol. The number of hydrogen-bond donors (Lipinski definition) is 1. The van der Waals surface area contributed by atoms with Gasteiger partial charge in [-0.05, 0) is 56.6 Å². The normalized spacial score (nSPS) is 24.5. The van der Waals surface area contributed by atoms with Gasteiger partial charge in [-0.25, -0.2) is 0 Å². The van der Waals surface area contributed by atoms with Gasteiger partial charge >= 0.3 is 0 Å². The molecular formula is C23H35N3O2. The van der Waals surface area contributed by atoms with Crippen molar-refractivity contribution in [3.63, 3.8) is 0 Å². The highest BCUT2D eigenvalue weighted by molar-refractivity contribution is 5.80. The van der Waals surface area contributed by atoms with E-state index in [2.05, 4.69) is 27.4 Å². The third-order valence-electron chi connectivity index (χ3n) is 7.08. The smallest absolute Gasteiger partial charge is 0.226 e. The molecule has 1 aromatic rings. The van der Waals surface area contributed by atoms with Crippen LogP contribution in [0, 0.1) is 11.8 Å². The number of para-hydroxylation sites is 2. The van der Waals surface area contributed by atoms with E-state index in [4.69, 9.17) is 4.84 Å². The summed E-state index contributed by atoms with van der Waals surface area (Å²) in [6, 6.07) is 8.77. The van der Waals surface area contributed by atoms with Crippen molar-refractivity contribution in [1.82, 2.24) is 4.90 Å². The van der Waals surface area contributed by atoms with Gasteiger partial charge in [0.1, 0.15) is 0 Å². The molecule has 2 heterocycles. The average Bonchev–Trinajstić information content (AvgIpc) is 3.25. The van der Waals surface area contributed by atoms with E-state index in [1.54, 1.807) is 7.11 Å². The van der Waals surface area contributed by atoms with E-state index in [0.29, 0.717) is 11.9 Å². The molecule has 2 saturated heterocycles. The SMILES string of the molecule is CONc1ccccc1N1CCC(C(=O)N2CCCC2C2CCCCC2)CC1. The van der Waals surface area contributed by atoms with E-state index in [1.807, 2.05) is 12.1 Å². The zero-order chi connectivity index (χ0) is 19.3. The summed E-state index contributed by atoms with van der Waals surface area (Å²) in [6.07, 6.45) is 11.1. The molecule has 3 aliphatic rings. The van der Waals surface area contributed by atoms with Crippen molar-refractivity contribution in [2.45, 2.75) is 63.8 Å². The summed E-state index contributed by atoms with van der Waals surface area (Å²) in [7, 11) is 1.64. The van der Waals surface area contributed by atoms with Gasteiger partial charge in [0.2, 0.25) is 5.91 Å². The van der Waals surface area contributed by atoms with Crippen LogP contribution < -0.4 is 10.4 Å². The Morgan fingerprint density at radius 3 is 2.46 bits per heavy atom. The lowest BCUT2D eigenvalue weighted by Crippen LogP contribution is -2.46. The molecule has 1 N–H and O–H groups in total. The van der Waals surface area contributed by atoms with Crippen molar-refractivity contribution < 1.29 is 9.63 Å². The third kappa shape index (κ3) is 4.14. The number of rotatable bonds is 5. The molecule has 1 unspecified atom stereocenters. The fraction of sp³-hybridized carbons (Fsp3) is 0.696. The molecule has 154 valence electrons. The van der Waals surface area contributed by atoms with Gasteiger partial charge in [-0.2, -0.15) is 0 Å². The zero-order valence-corrected chi connectivity index (χ0v) is 17.2. The highest BCUT2D eigenvalue weighted by atomic mass is 16.6. The van der Waals surface area contributed by atoms with Crippen LogP contribution in [0.4, 0.5) is 11.4 Å². The molecule has 1 saturated carbocycles. The number of likely N-dealkylation sites (tertiary alicyclic amines) is 1. The van der Waals surface area contributed by atoms with E-state index in [1.165, 1.54) is 44.9 Å². The number of carbonyl (C=O) groups excluding carboxylic acids is 1. The summed E-state index contributed by atoms with van der Waals surface area (Å²) >= 11 is 0. The van der Waals surface area contributed by atoms with Gasteiger partial charge in [-0.1, -0.05) is 31.4 Å². The van der Waals surface area contributed by atoms with Crippen molar-refractivity contribution >= 4 is 17.3 Å². The number of nitrogens with zero attached hydrogens (tertiary/aromatic N) is 2. The van der Waals surface area contributed by atoms with Crippen molar-refractivity contribution in [2.75, 3.05) is 37.1 Å². The van der Waals surface area contributed by atoms with Crippen LogP contribution in [0.2, 0.25) is 0 Å². The second-order valence-corrected chi connectivity index (χ2v) is 8.72. The lowest BCUT2D eigenvalue weighted by Gasteiger charge is -2.39. The van der Waals surface area contributed by atoms with E-state index >= 15 is 0 Å². The maximum Gasteiger partial charge on any atom is 0.226 e. The van der Waals surface area contributed by atoms with Crippen LogP contribution in [-0.4, -0.2) is 43.6 Å². The minimum absolute atomic E-state index is 0.197. The Labute approximate surface area is 169 Å². The van der Waals surface area contributed by atoms with Crippen LogP contribution in [0.5, 0.6) is 0 Å². The van der Waals surface area contributed by atoms with Crippen molar-refractivity contribution in [1.29, 1.82) is 0 Å². The first-order chi connectivity index (χ1) is 13.8. The molecule has 3 fully saturated rings. The van der Waals surface area contributed by atoms with Crippen LogP contribution in [0.25, 0.3) is 0 Å². The summed E-state index contributed by atoms with van der Waals surface area (Å²) in [5.41, 5.74) is 5.13. The molecule has 4 rings (SSSR count). The molecule has 0 radical (unpaired) electrons. The summed E-state index contributed by atoms with van der Waals surface area (Å²) in [5.74, 6) is 1.39. The van der Waals surface area contributed by atoms with Gasteiger partial charge in [0.15, 0.2) is 0 Å². The Kier molecular flexibility index (Phi) is 6.40. The van der Waals surface area contributed by atoms with Gasteiger partial charge in [0, 0.05) is 31.6 Å². The Morgan fingerprint density at radius 1 is 0.964 bits per heavy atom. The summed E-state index contributed by atoms with van der Waals surface area (Å²) < 4.78 is 0. The first-order valence-corrected chi connectivity index (χ1v) is 11.2. The van der Waals surface area contributed by atoms with Crippen molar-refractivity contribution in [3.05, 3.63) is 24.3 Å². The van der Waals surface area contributed by atoms with Crippen LogP contribution in [0.1, 0.15) is 57.8 Å². The number of amides is 1. The van der Waals surface area contributed by atoms with E-state index in [-0.39, 0.29) is 5.92 Å². The number of carbonyl (C=O) groups is 1. The Balaban J connectivity index is 1.36. The molecule has 1 aliphatic carbocycles. The van der Waals surface area contributed by atoms with Gasteiger partial charge in [-0.15, -0.1) is 0 Å². The molecule has 28 heavy (non-hydrogen) atoms. The monoisotopic (exact) mass is 385 g/mol. The molecule has 0 spiro atoms. The fourth-order valence-electron chi connectivity index (χ4n) is 5.62. The number of piperidine rings is 1. The van der Waals surface area contributed by atoms with Gasteiger partial charge < -0.3 is 9.80 Å². The lowest BCUT2D eigenvalue weighted by molar-refractivity contribution is -0.138. The molecule has 0 aromatic heterocycles. The van der Waals surface area contributed by atoms with Crippen LogP contribution in [0.15, 0.2) is 24.3 Å². The third-order valence-corrected chi connectivity index (χ3v) is 7.08. The maximum atomic E-state index is 13.3. The second-order valence-electron chi connectivity index (χ2n) is 8.72. The van der Waals surface area contributed by atoms with E-state index in [0.717, 1.165) is 49.8 Å². The van der Waals surface area contributed by atoms with Crippen LogP contribution in [0.3, 0.4) is 0 Å². The number of benzene rings is 1. The van der Waals surface area contributed by atoms with E-state index in [9.17, 15) is 4.79 Å². The quantitative estimate of drug-likeness (QED) is 0.761. The van der Waals surface area contributed by atoms with Crippen molar-refractivity contribution in [2.24, 2.45) is 11.8 Å². The van der Waals surface area contributed by atoms with Gasteiger partial charge in [0.25, 0.3) is 0 Å². The Hall–Kier alpha value is -1.75. The molecule has 1 aromatic carbocycles. The van der Waals surface area contributed by atoms with E-state index < -0.39 is 0 Å². The standard InChI is InChI=1S/C23H35N3O2/c1-28-24-20-10-5-6-11-22(20)25-16-13-19(14-17-25)23(27)26-15-7-12-21(26)18-8-3-2-4-9-18/h5-6,10-11,18-19,21,24H,2-4,7-9,12-17H2,1H3. The topological polar surface area (TPSA) is 44.8 Å². The summed E-state index contributed by atoms with van der Waals surface area (Å²) in [4.78, 5) is 23.1. The molecule has 1 atom stereocenters. The first-order valence-electron chi connectivity index (χ1n) is 11.2. The Bertz CT molecular complexity index is 651. The first kappa shape index (κ1) is 19.6. The molecule has 1 amide bonds. The average molecular weight is 386 g/mol. The van der Waals surface area contributed by atoms with Crippen LogP contribution in [-0.2, 0) is 9.63 Å². The largest absolute Gasteiger partial charge is 0.370 e. The number of nitrogens with one attached hydrogen (secondary N) is 1. The molecule has 5 nitrogen and oxygen atoms in total. The summed E-state index contributed by atoms with van der Waals surface area (Å²) in [6.45, 7) is 2.85. The van der Waals surface area contributed by atoms with Gasteiger partial charge in [-0.3, -0.25) is 15.1 Å². The van der Waals surface area contributed by atoms with Gasteiger partial charge in [0.05, 0.1) is 18.5 Å². The molecule has 2 aliphatic heterocycles. The maximum absolute atomic E-state index is 13.3. The highest BCUT2D eigenvalue weighted by Gasteiger charge is 2.38. The lowest BCUT2D eigenvalue weighted by atomic mass is 9.82. The van der Waals surface area contributed by atoms with Crippen LogP contribution >= 0.6 is 0 Å². The summed E-state index contributed by atoms with van der Waals surface area (Å²) in [5, 5.41) is 0. The fourth-order valence-corrected chi connectivity index (χ4v) is 5.62. The predicted octanol–water partition coefficient (Wildman–Crippen LogP) is 4.45. The highest BCUT2D eigenvalue weighted by Crippen LogP contribution is 2.36. The molecule has 5 heteroatoms. The molecular weight excluding hydrogens is 350 g/mol. The van der Waals surface area contributed by atoms with Crippen molar-refractivity contribution in [3.8, 4) is 0 Å². The minimum Gasteiger partial charge on any atom is -0.370 e. The Morgan fingerprint density at radius 2 is 1.71 bits per heavy atom. The number of hydrogen-bond acceptors (Lipinski definition) is 4. The zero-order valence-electron chi connectivity index (χ0n) is 17.2. The molecule has 0 bridgehead atoms. The minimum atomic E-state index is 0.197. The number of anilines is 2.